The predicted octanol–water partition coefficient (Wildman–Crippen LogP) is 4.18. The predicted molar refractivity (Wildman–Crippen MR) is 68.5 cm³/mol. The molecule has 16 heavy (non-hydrogen) atoms. The second kappa shape index (κ2) is 4.48. The first-order valence-electron chi connectivity index (χ1n) is 5.71. The van der Waals surface area contributed by atoms with E-state index >= 15 is 0 Å². The molecule has 1 nitrogen and oxygen atoms in total. The number of benzene rings is 1. The molecule has 2 rings (SSSR count). The number of rotatable bonds is 2. The van der Waals surface area contributed by atoms with E-state index in [2.05, 4.69) is 63.2 Å². The molecule has 2 aromatic rings. The lowest BCUT2D eigenvalue weighted by Crippen LogP contribution is -1.94. The second-order valence-corrected chi connectivity index (χ2v) is 4.42. The Kier molecular flexibility index (Phi) is 3.04. The fourth-order valence-electron chi connectivity index (χ4n) is 1.78. The van der Waals surface area contributed by atoms with Crippen molar-refractivity contribution in [3.8, 4) is 11.3 Å². The highest BCUT2D eigenvalue weighted by atomic mass is 14.7. The maximum Gasteiger partial charge on any atom is 0.0708 e. The van der Waals surface area contributed by atoms with Crippen LogP contribution in [0.5, 0.6) is 0 Å². The molecule has 1 heterocycles. The van der Waals surface area contributed by atoms with Gasteiger partial charge in [0.15, 0.2) is 0 Å². The number of hydrogen-bond donors (Lipinski definition) is 0. The molecule has 0 atom stereocenters. The van der Waals surface area contributed by atoms with E-state index in [0.29, 0.717) is 5.92 Å². The molecule has 82 valence electrons. The van der Waals surface area contributed by atoms with Gasteiger partial charge in [0.05, 0.1) is 5.69 Å². The Labute approximate surface area is 97.2 Å². The van der Waals surface area contributed by atoms with Gasteiger partial charge in [0.25, 0.3) is 0 Å². The van der Waals surface area contributed by atoms with Gasteiger partial charge in [-0.15, -0.1) is 0 Å². The van der Waals surface area contributed by atoms with E-state index in [0.717, 1.165) is 11.4 Å². The zero-order chi connectivity index (χ0) is 11.5. The van der Waals surface area contributed by atoms with Crippen molar-refractivity contribution in [3.63, 3.8) is 0 Å². The minimum Gasteiger partial charge on any atom is -0.253 e. The monoisotopic (exact) mass is 211 g/mol. The first-order chi connectivity index (χ1) is 7.68. The van der Waals surface area contributed by atoms with Crippen molar-refractivity contribution in [2.45, 2.75) is 26.7 Å². The van der Waals surface area contributed by atoms with Crippen molar-refractivity contribution in [2.24, 2.45) is 0 Å². The van der Waals surface area contributed by atoms with E-state index in [9.17, 15) is 0 Å². The summed E-state index contributed by atoms with van der Waals surface area (Å²) in [4.78, 5) is 4.70. The molecule has 0 aliphatic rings. The van der Waals surface area contributed by atoms with Crippen molar-refractivity contribution >= 4 is 0 Å². The number of aromatic nitrogens is 1. The first-order valence-corrected chi connectivity index (χ1v) is 5.71. The molecule has 0 unspecified atom stereocenters. The summed E-state index contributed by atoms with van der Waals surface area (Å²) in [6.07, 6.45) is 0. The molecule has 0 spiro atoms. The zero-order valence-corrected chi connectivity index (χ0v) is 10.1. The maximum atomic E-state index is 4.70. The molecule has 0 aliphatic heterocycles. The van der Waals surface area contributed by atoms with Gasteiger partial charge < -0.3 is 0 Å². The van der Waals surface area contributed by atoms with Crippen LogP contribution in [0.2, 0.25) is 0 Å². The number of pyridine rings is 1. The highest BCUT2D eigenvalue weighted by Gasteiger charge is 2.05. The Bertz CT molecular complexity index is 486. The molecule has 0 amide bonds. The summed E-state index contributed by atoms with van der Waals surface area (Å²) in [6.45, 7) is 6.47. The minimum absolute atomic E-state index is 0.476. The minimum atomic E-state index is 0.476. The Morgan fingerprint density at radius 3 is 2.38 bits per heavy atom. The topological polar surface area (TPSA) is 12.9 Å². The van der Waals surface area contributed by atoms with Gasteiger partial charge >= 0.3 is 0 Å². The van der Waals surface area contributed by atoms with Crippen LogP contribution in [0.15, 0.2) is 42.5 Å². The van der Waals surface area contributed by atoms with Gasteiger partial charge in [0.1, 0.15) is 0 Å². The van der Waals surface area contributed by atoms with E-state index < -0.39 is 0 Å². The molecule has 0 saturated carbocycles. The molecule has 0 saturated heterocycles. The molecular weight excluding hydrogens is 194 g/mol. The molecule has 0 bridgehead atoms. The van der Waals surface area contributed by atoms with Crippen molar-refractivity contribution in [1.82, 2.24) is 4.98 Å². The lowest BCUT2D eigenvalue weighted by Gasteiger charge is -2.09. The summed E-state index contributed by atoms with van der Waals surface area (Å²) >= 11 is 0. The normalized spacial score (nSPS) is 10.8. The van der Waals surface area contributed by atoms with Gasteiger partial charge in [-0.25, -0.2) is 0 Å². The Hall–Kier alpha value is -1.63. The van der Waals surface area contributed by atoms with Gasteiger partial charge in [0.2, 0.25) is 0 Å². The van der Waals surface area contributed by atoms with E-state index in [4.69, 9.17) is 4.98 Å². The molecule has 0 radical (unpaired) electrons. The first kappa shape index (κ1) is 10.9. The Morgan fingerprint density at radius 2 is 1.69 bits per heavy atom. The Morgan fingerprint density at radius 1 is 0.938 bits per heavy atom. The summed E-state index contributed by atoms with van der Waals surface area (Å²) in [5.41, 5.74) is 4.73. The van der Waals surface area contributed by atoms with Crippen molar-refractivity contribution < 1.29 is 0 Å². The summed E-state index contributed by atoms with van der Waals surface area (Å²) in [5.74, 6) is 0.476. The SMILES string of the molecule is Cc1ccccc1-c1cccc(C(C)C)n1. The molecule has 1 aromatic heterocycles. The third kappa shape index (κ3) is 2.13. The lowest BCUT2D eigenvalue weighted by atomic mass is 10.0. The van der Waals surface area contributed by atoms with Crippen molar-refractivity contribution in [2.75, 3.05) is 0 Å². The number of nitrogens with zero attached hydrogens (tertiary/aromatic N) is 1. The van der Waals surface area contributed by atoms with Crippen LogP contribution in [0.4, 0.5) is 0 Å². The summed E-state index contributed by atoms with van der Waals surface area (Å²) in [5, 5.41) is 0. The highest BCUT2D eigenvalue weighted by molar-refractivity contribution is 5.63. The lowest BCUT2D eigenvalue weighted by molar-refractivity contribution is 0.824. The van der Waals surface area contributed by atoms with Gasteiger partial charge in [-0.3, -0.25) is 4.98 Å². The third-order valence-electron chi connectivity index (χ3n) is 2.78. The number of aryl methyl sites for hydroxylation is 1. The number of hydrogen-bond acceptors (Lipinski definition) is 1. The molecule has 0 N–H and O–H groups in total. The zero-order valence-electron chi connectivity index (χ0n) is 10.1. The molecular formula is C15H17N. The van der Waals surface area contributed by atoms with E-state index in [1.54, 1.807) is 0 Å². The fourth-order valence-corrected chi connectivity index (χ4v) is 1.78. The summed E-state index contributed by atoms with van der Waals surface area (Å²) in [6, 6.07) is 14.6. The molecule has 0 aliphatic carbocycles. The second-order valence-electron chi connectivity index (χ2n) is 4.42. The van der Waals surface area contributed by atoms with Gasteiger partial charge in [-0.1, -0.05) is 44.2 Å². The van der Waals surface area contributed by atoms with E-state index in [1.807, 2.05) is 0 Å². The van der Waals surface area contributed by atoms with Crippen LogP contribution in [0.3, 0.4) is 0 Å². The van der Waals surface area contributed by atoms with E-state index in [1.165, 1.54) is 11.1 Å². The largest absolute Gasteiger partial charge is 0.253 e. The van der Waals surface area contributed by atoms with Gasteiger partial charge in [0, 0.05) is 11.3 Å². The standard InChI is InChI=1S/C15H17N/c1-11(2)14-9-6-10-15(16-14)13-8-5-4-7-12(13)3/h4-11H,1-3H3. The molecule has 1 aromatic carbocycles. The van der Waals surface area contributed by atoms with Crippen LogP contribution >= 0.6 is 0 Å². The average Bonchev–Trinajstić information content (AvgIpc) is 2.30. The quantitative estimate of drug-likeness (QED) is 0.726. The van der Waals surface area contributed by atoms with Crippen LogP contribution < -0.4 is 0 Å². The van der Waals surface area contributed by atoms with Gasteiger partial charge in [-0.2, -0.15) is 0 Å². The molecule has 1 heteroatoms. The highest BCUT2D eigenvalue weighted by Crippen LogP contribution is 2.22. The van der Waals surface area contributed by atoms with Crippen molar-refractivity contribution in [1.29, 1.82) is 0 Å². The maximum absolute atomic E-state index is 4.70. The average molecular weight is 211 g/mol. The van der Waals surface area contributed by atoms with Crippen LogP contribution in [-0.2, 0) is 0 Å². The van der Waals surface area contributed by atoms with Crippen LogP contribution in [0, 0.1) is 6.92 Å². The third-order valence-corrected chi connectivity index (χ3v) is 2.78. The van der Waals surface area contributed by atoms with Crippen LogP contribution in [0.1, 0.15) is 31.0 Å². The van der Waals surface area contributed by atoms with Crippen LogP contribution in [0.25, 0.3) is 11.3 Å². The fraction of sp³-hybridized carbons (Fsp3) is 0.267. The van der Waals surface area contributed by atoms with Gasteiger partial charge in [-0.05, 0) is 30.5 Å². The van der Waals surface area contributed by atoms with E-state index in [-0.39, 0.29) is 0 Å². The molecule has 0 fully saturated rings. The Balaban J connectivity index is 2.49. The summed E-state index contributed by atoms with van der Waals surface area (Å²) in [7, 11) is 0. The van der Waals surface area contributed by atoms with Crippen LogP contribution in [-0.4, -0.2) is 4.98 Å². The van der Waals surface area contributed by atoms with Crippen molar-refractivity contribution in [3.05, 3.63) is 53.7 Å². The smallest absolute Gasteiger partial charge is 0.0708 e. The summed E-state index contributed by atoms with van der Waals surface area (Å²) < 4.78 is 0.